The van der Waals surface area contributed by atoms with E-state index >= 15 is 0 Å². The van der Waals surface area contributed by atoms with Gasteiger partial charge in [-0.3, -0.25) is 10.1 Å². The number of rotatable bonds is 5. The van der Waals surface area contributed by atoms with Crippen LogP contribution in [-0.2, 0) is 4.74 Å². The van der Waals surface area contributed by atoms with E-state index in [0.717, 1.165) is 0 Å². The zero-order valence-corrected chi connectivity index (χ0v) is 7.89. The summed E-state index contributed by atoms with van der Waals surface area (Å²) >= 11 is 0. The SMILES string of the molecule is O=[N+]([O-])CCOCC1=CC2C=CC1C2. The maximum atomic E-state index is 10.0. The first-order valence-electron chi connectivity index (χ1n) is 4.84. The van der Waals surface area contributed by atoms with Gasteiger partial charge in [0.15, 0.2) is 0 Å². The first kappa shape index (κ1) is 9.40. The van der Waals surface area contributed by atoms with Crippen molar-refractivity contribution in [3.8, 4) is 0 Å². The van der Waals surface area contributed by atoms with Gasteiger partial charge in [0.2, 0.25) is 6.54 Å². The summed E-state index contributed by atoms with van der Waals surface area (Å²) in [5.41, 5.74) is 1.29. The molecule has 0 amide bonds. The van der Waals surface area contributed by atoms with Crippen LogP contribution in [0.5, 0.6) is 0 Å². The highest BCUT2D eigenvalue weighted by atomic mass is 16.6. The topological polar surface area (TPSA) is 52.4 Å². The fourth-order valence-electron chi connectivity index (χ4n) is 2.01. The molecule has 2 aliphatic carbocycles. The number of hydrogen-bond donors (Lipinski definition) is 0. The van der Waals surface area contributed by atoms with Crippen LogP contribution >= 0.6 is 0 Å². The van der Waals surface area contributed by atoms with Gasteiger partial charge < -0.3 is 4.74 Å². The Morgan fingerprint density at radius 1 is 1.57 bits per heavy atom. The predicted octanol–water partition coefficient (Wildman–Crippen LogP) is 1.41. The molecule has 4 nitrogen and oxygen atoms in total. The molecule has 0 heterocycles. The van der Waals surface area contributed by atoms with Crippen LogP contribution in [0.1, 0.15) is 6.42 Å². The number of hydrogen-bond acceptors (Lipinski definition) is 3. The van der Waals surface area contributed by atoms with Crippen molar-refractivity contribution in [2.45, 2.75) is 6.42 Å². The molecular weight excluding hydrogens is 182 g/mol. The third-order valence-electron chi connectivity index (χ3n) is 2.71. The number of nitro groups is 1. The van der Waals surface area contributed by atoms with E-state index in [2.05, 4.69) is 18.2 Å². The van der Waals surface area contributed by atoms with Gasteiger partial charge in [-0.1, -0.05) is 18.2 Å². The van der Waals surface area contributed by atoms with Crippen LogP contribution in [-0.4, -0.2) is 24.7 Å². The van der Waals surface area contributed by atoms with E-state index in [1.54, 1.807) is 0 Å². The summed E-state index contributed by atoms with van der Waals surface area (Å²) in [7, 11) is 0. The average Bonchev–Trinajstić information content (AvgIpc) is 2.73. The van der Waals surface area contributed by atoms with Crippen LogP contribution in [0.3, 0.4) is 0 Å². The van der Waals surface area contributed by atoms with Crippen molar-refractivity contribution >= 4 is 0 Å². The molecule has 2 aliphatic rings. The predicted molar refractivity (Wildman–Crippen MR) is 51.5 cm³/mol. The molecule has 2 unspecified atom stereocenters. The second-order valence-electron chi connectivity index (χ2n) is 3.74. The lowest BCUT2D eigenvalue weighted by Gasteiger charge is -2.09. The molecule has 2 rings (SSSR count). The lowest BCUT2D eigenvalue weighted by Crippen LogP contribution is -2.11. The fraction of sp³-hybridized carbons (Fsp3) is 0.600. The van der Waals surface area contributed by atoms with Crippen LogP contribution in [0.15, 0.2) is 23.8 Å². The molecule has 0 aliphatic heterocycles. The molecule has 2 bridgehead atoms. The smallest absolute Gasteiger partial charge is 0.226 e. The van der Waals surface area contributed by atoms with Gasteiger partial charge in [-0.25, -0.2) is 0 Å². The molecule has 0 saturated carbocycles. The van der Waals surface area contributed by atoms with Crippen LogP contribution < -0.4 is 0 Å². The highest BCUT2D eigenvalue weighted by molar-refractivity contribution is 5.30. The Hall–Kier alpha value is -1.16. The number of fused-ring (bicyclic) bond motifs is 2. The number of allylic oxidation sites excluding steroid dienone is 3. The largest absolute Gasteiger partial charge is 0.370 e. The van der Waals surface area contributed by atoms with Crippen LogP contribution in [0.4, 0.5) is 0 Å². The van der Waals surface area contributed by atoms with E-state index < -0.39 is 0 Å². The highest BCUT2D eigenvalue weighted by Crippen LogP contribution is 2.37. The quantitative estimate of drug-likeness (QED) is 0.288. The molecule has 0 aromatic rings. The second-order valence-corrected chi connectivity index (χ2v) is 3.74. The monoisotopic (exact) mass is 195 g/mol. The molecular formula is C10H13NO3. The molecule has 0 fully saturated rings. The van der Waals surface area contributed by atoms with E-state index in [0.29, 0.717) is 18.4 Å². The van der Waals surface area contributed by atoms with Gasteiger partial charge in [-0.15, -0.1) is 0 Å². The van der Waals surface area contributed by atoms with Crippen molar-refractivity contribution in [2.24, 2.45) is 11.8 Å². The van der Waals surface area contributed by atoms with Gasteiger partial charge in [-0.05, 0) is 17.9 Å². The van der Waals surface area contributed by atoms with Gasteiger partial charge in [0.05, 0.1) is 6.61 Å². The van der Waals surface area contributed by atoms with Crippen molar-refractivity contribution in [1.29, 1.82) is 0 Å². The third-order valence-corrected chi connectivity index (χ3v) is 2.71. The summed E-state index contributed by atoms with van der Waals surface area (Å²) in [6, 6.07) is 0. The second kappa shape index (κ2) is 3.92. The Kier molecular flexibility index (Phi) is 2.63. The van der Waals surface area contributed by atoms with E-state index in [1.165, 1.54) is 12.0 Å². The molecule has 14 heavy (non-hydrogen) atoms. The highest BCUT2D eigenvalue weighted by Gasteiger charge is 2.27. The summed E-state index contributed by atoms with van der Waals surface area (Å²) in [5, 5.41) is 10.0. The molecule has 0 aromatic carbocycles. The maximum Gasteiger partial charge on any atom is 0.226 e. The summed E-state index contributed by atoms with van der Waals surface area (Å²) in [6.07, 6.45) is 7.81. The lowest BCUT2D eigenvalue weighted by atomic mass is 10.0. The number of ether oxygens (including phenoxy) is 1. The van der Waals surface area contributed by atoms with E-state index in [4.69, 9.17) is 4.74 Å². The van der Waals surface area contributed by atoms with E-state index in [-0.39, 0.29) is 18.1 Å². The van der Waals surface area contributed by atoms with Gasteiger partial charge in [0.25, 0.3) is 0 Å². The van der Waals surface area contributed by atoms with Crippen molar-refractivity contribution in [3.05, 3.63) is 33.9 Å². The minimum Gasteiger partial charge on any atom is -0.370 e. The summed E-state index contributed by atoms with van der Waals surface area (Å²) in [4.78, 5) is 9.67. The van der Waals surface area contributed by atoms with Gasteiger partial charge in [-0.2, -0.15) is 0 Å². The number of nitrogens with zero attached hydrogens (tertiary/aromatic N) is 1. The van der Waals surface area contributed by atoms with Crippen molar-refractivity contribution in [1.82, 2.24) is 0 Å². The van der Waals surface area contributed by atoms with Gasteiger partial charge in [0, 0.05) is 10.8 Å². The van der Waals surface area contributed by atoms with Crippen molar-refractivity contribution in [3.63, 3.8) is 0 Å². The molecule has 0 N–H and O–H groups in total. The zero-order chi connectivity index (χ0) is 9.97. The third kappa shape index (κ3) is 2.01. The Labute approximate surface area is 82.4 Å². The van der Waals surface area contributed by atoms with Crippen LogP contribution in [0.2, 0.25) is 0 Å². The molecule has 2 atom stereocenters. The standard InChI is InChI=1S/C10H13NO3/c12-11(13)3-4-14-7-10-6-8-1-2-9(10)5-8/h1-2,6,8-9H,3-5,7H2. The van der Waals surface area contributed by atoms with E-state index in [1.807, 2.05) is 0 Å². The molecule has 0 radical (unpaired) electrons. The molecule has 0 aromatic heterocycles. The first-order valence-corrected chi connectivity index (χ1v) is 4.84. The van der Waals surface area contributed by atoms with Crippen LogP contribution in [0.25, 0.3) is 0 Å². The zero-order valence-electron chi connectivity index (χ0n) is 7.89. The Bertz CT molecular complexity index is 296. The molecule has 4 heteroatoms. The lowest BCUT2D eigenvalue weighted by molar-refractivity contribution is -0.483. The first-order chi connectivity index (χ1) is 6.75. The maximum absolute atomic E-state index is 10.0. The van der Waals surface area contributed by atoms with Crippen molar-refractivity contribution in [2.75, 3.05) is 19.8 Å². The molecule has 76 valence electrons. The minimum atomic E-state index is -0.352. The fourth-order valence-corrected chi connectivity index (χ4v) is 2.01. The van der Waals surface area contributed by atoms with E-state index in [9.17, 15) is 10.1 Å². The summed E-state index contributed by atoms with van der Waals surface area (Å²) < 4.78 is 5.24. The van der Waals surface area contributed by atoms with Crippen molar-refractivity contribution < 1.29 is 9.66 Å². The summed E-state index contributed by atoms with van der Waals surface area (Å²) in [6.45, 7) is 0.669. The summed E-state index contributed by atoms with van der Waals surface area (Å²) in [5.74, 6) is 1.13. The molecule has 0 saturated heterocycles. The Morgan fingerprint density at radius 3 is 3.00 bits per heavy atom. The Balaban J connectivity index is 1.68. The molecule has 0 spiro atoms. The van der Waals surface area contributed by atoms with Crippen LogP contribution in [0, 0.1) is 22.0 Å². The Morgan fingerprint density at radius 2 is 2.43 bits per heavy atom. The average molecular weight is 195 g/mol. The normalized spacial score (nSPS) is 28.1. The van der Waals surface area contributed by atoms with Gasteiger partial charge in [0.1, 0.15) is 6.61 Å². The minimum absolute atomic E-state index is 0.1000. The van der Waals surface area contributed by atoms with Gasteiger partial charge >= 0.3 is 0 Å².